The monoisotopic (exact) mass is 1750 g/mol. The van der Waals surface area contributed by atoms with Crippen molar-refractivity contribution in [3.8, 4) is 137 Å². The van der Waals surface area contributed by atoms with Crippen molar-refractivity contribution in [1.82, 2.24) is 61.2 Å². The van der Waals surface area contributed by atoms with Crippen molar-refractivity contribution < 1.29 is 26.5 Å². The summed E-state index contributed by atoms with van der Waals surface area (Å²) in [4.78, 5) is 2.25. The predicted octanol–water partition coefficient (Wildman–Crippen LogP) is 29.8. The summed E-state index contributed by atoms with van der Waals surface area (Å²) in [6.07, 6.45) is 12.4. The van der Waals surface area contributed by atoms with E-state index in [2.05, 4.69) is 373 Å². The molecule has 6 heterocycles. The number of benzene rings is 12. The van der Waals surface area contributed by atoms with Crippen molar-refractivity contribution in [3.63, 3.8) is 0 Å². The number of anilines is 3. The van der Waals surface area contributed by atoms with Crippen LogP contribution in [0.25, 0.3) is 174 Å². The maximum atomic E-state index is 6.49. The Labute approximate surface area is 775 Å². The van der Waals surface area contributed by atoms with E-state index >= 15 is 0 Å². The van der Waals surface area contributed by atoms with Crippen LogP contribution in [0.15, 0.2) is 299 Å². The molecule has 0 atom stereocenters. The highest BCUT2D eigenvalue weighted by atomic mass is 16.4. The van der Waals surface area contributed by atoms with E-state index in [1.54, 1.807) is 0 Å². The van der Waals surface area contributed by atoms with Crippen molar-refractivity contribution >= 4 is 53.5 Å². The highest BCUT2D eigenvalue weighted by Gasteiger charge is 2.27. The molecule has 12 aromatic carbocycles. The quantitative estimate of drug-likeness (QED) is 0.0608. The molecule has 0 bridgehead atoms. The van der Waals surface area contributed by atoms with Crippen LogP contribution in [0.1, 0.15) is 191 Å². The van der Waals surface area contributed by atoms with Crippen LogP contribution in [0.2, 0.25) is 0 Å². The molecular formula is C114H105N13O6. The minimum Gasteiger partial charge on any atom is -0.416 e. The minimum atomic E-state index is -0.0245. The van der Waals surface area contributed by atoms with Gasteiger partial charge in [-0.1, -0.05) is 270 Å². The molecule has 18 rings (SSSR count). The van der Waals surface area contributed by atoms with Crippen LogP contribution in [-0.2, 0) is 32.5 Å². The first kappa shape index (κ1) is 88.2. The summed E-state index contributed by atoms with van der Waals surface area (Å²) in [6, 6.07) is 93.0. The van der Waals surface area contributed by atoms with Gasteiger partial charge < -0.3 is 31.4 Å². The third kappa shape index (κ3) is 20.1. The predicted molar refractivity (Wildman–Crippen MR) is 532 cm³/mol. The van der Waals surface area contributed by atoms with E-state index in [9.17, 15) is 0 Å². The van der Waals surface area contributed by atoms with E-state index in [4.69, 9.17) is 26.5 Å². The lowest BCUT2D eigenvalue weighted by Gasteiger charge is -2.26. The van der Waals surface area contributed by atoms with Crippen LogP contribution < -0.4 is 4.90 Å². The molecule has 0 saturated heterocycles. The van der Waals surface area contributed by atoms with E-state index in [0.29, 0.717) is 104 Å². The second-order valence-electron chi connectivity index (χ2n) is 40.1. The fourth-order valence-electron chi connectivity index (χ4n) is 15.6. The Morgan fingerprint density at radius 1 is 0.158 bits per heavy atom. The first-order chi connectivity index (χ1) is 63.5. The molecule has 0 radical (unpaired) electrons. The zero-order chi connectivity index (χ0) is 92.9. The Bertz CT molecular complexity index is 6250. The molecule has 0 aliphatic heterocycles. The van der Waals surface area contributed by atoms with Gasteiger partial charge >= 0.3 is 0 Å². The Balaban J connectivity index is 0.682. The van der Waals surface area contributed by atoms with Gasteiger partial charge in [0.05, 0.1) is 0 Å². The summed E-state index contributed by atoms with van der Waals surface area (Å²) >= 11 is 0. The second kappa shape index (κ2) is 35.4. The Morgan fingerprint density at radius 3 is 0.436 bits per heavy atom. The molecule has 133 heavy (non-hydrogen) atoms. The molecule has 19 heteroatoms. The van der Waals surface area contributed by atoms with Crippen molar-refractivity contribution in [1.29, 1.82) is 0 Å². The molecule has 0 amide bonds. The molecule has 18 aromatic rings. The van der Waals surface area contributed by atoms with Crippen LogP contribution in [0.3, 0.4) is 0 Å². The Morgan fingerprint density at radius 2 is 0.293 bits per heavy atom. The van der Waals surface area contributed by atoms with E-state index in [0.717, 1.165) is 83.8 Å². The zero-order valence-corrected chi connectivity index (χ0v) is 78.2. The van der Waals surface area contributed by atoms with Gasteiger partial charge in [-0.05, 0) is 263 Å². The second-order valence-corrected chi connectivity index (χ2v) is 40.1. The fraction of sp³-hybridized carbons (Fsp3) is 0.211. The third-order valence-electron chi connectivity index (χ3n) is 23.7. The van der Waals surface area contributed by atoms with E-state index in [-0.39, 0.29) is 32.5 Å². The summed E-state index contributed by atoms with van der Waals surface area (Å²) in [5.74, 6) is 4.47. The highest BCUT2D eigenvalue weighted by Crippen LogP contribution is 2.42. The van der Waals surface area contributed by atoms with E-state index in [1.165, 1.54) is 33.4 Å². The molecule has 0 N–H and O–H groups in total. The smallest absolute Gasteiger partial charge is 0.248 e. The average molecular weight is 1750 g/mol. The summed E-state index contributed by atoms with van der Waals surface area (Å²) in [5, 5.41) is 54.8. The van der Waals surface area contributed by atoms with Crippen molar-refractivity contribution in [2.24, 2.45) is 0 Å². The Kier molecular flexibility index (Phi) is 23.5. The molecule has 0 spiro atoms. The summed E-state index contributed by atoms with van der Waals surface area (Å²) in [6.45, 7) is 39.5. The van der Waals surface area contributed by atoms with Crippen LogP contribution in [-0.4, -0.2) is 61.2 Å². The first-order valence-electron chi connectivity index (χ1n) is 44.8. The molecule has 0 unspecified atom stereocenters. The maximum absolute atomic E-state index is 6.49. The first-order valence-corrected chi connectivity index (χ1v) is 44.8. The largest absolute Gasteiger partial charge is 0.416 e. The molecule has 6 aromatic heterocycles. The summed E-state index contributed by atoms with van der Waals surface area (Å²) in [7, 11) is 0. The van der Waals surface area contributed by atoms with Crippen molar-refractivity contribution in [2.75, 3.05) is 4.90 Å². The molecule has 0 fully saturated rings. The van der Waals surface area contributed by atoms with Gasteiger partial charge in [0, 0.05) is 83.8 Å². The molecule has 662 valence electrons. The number of hydrogen-bond acceptors (Lipinski definition) is 19. The SMILES string of the molecule is CC(C)(C)c1ccc(-c2nnc(-c3cc(/C=C/c4ccc(N(c5ccc(/C=C/c6cc(-c7nnc(-c8ccc(C(C)(C)C)cc8)o7)cc(-c7nnc(-c8ccc(C(C)(C)C)cc8)o7)c6)cc5)c5ccc(/C=C/c6cc(-c7nnc(-c8ccc(C(C)(C)C)cc8)o7)cc(-c7nnc(-c8ccc(C(C)(C)C)cc8)o7)c6)cc5)cc4)cc(-c4nnc(-c5ccc(C(C)(C)C)cc5)o4)c3)o2)cc1. The maximum Gasteiger partial charge on any atom is 0.248 e. The molecule has 0 aliphatic carbocycles. The van der Waals surface area contributed by atoms with Crippen LogP contribution in [0.4, 0.5) is 17.1 Å². The standard InChI is InChI=1S/C114H105N13O6/c1-109(2,3)88-43-31-76(32-44-88)97-115-121-103(128-97)82-61-73(62-83(67-82)104-122-116-98(129-104)77-33-45-89(46-34-77)110(4,5)6)22-19-70-25-55-94(56-26-70)127(95-57-27-71(28-58-95)20-23-74-63-84(105-123-117-99(130-105)78-35-47-90(48-36-78)111(7,8)9)68-85(64-74)106-124-118-100(131-106)79-37-49-91(50-38-79)112(10,11)12)96-59-29-72(30-60-96)21-24-75-65-86(107-125-119-101(132-107)80-39-51-92(52-40-80)113(13,14)15)69-87(66-75)108-126-120-102(133-108)81-41-53-93(54-42-81)114(16,17)18/h19-69H,1-18H3/b22-19+,23-20+,24-21+. The number of aromatic nitrogens is 12. The van der Waals surface area contributed by atoms with Crippen LogP contribution in [0, 0.1) is 0 Å². The normalized spacial score (nSPS) is 12.5. The highest BCUT2D eigenvalue weighted by molar-refractivity contribution is 5.84. The van der Waals surface area contributed by atoms with Gasteiger partial charge in [-0.3, -0.25) is 0 Å². The zero-order valence-electron chi connectivity index (χ0n) is 78.2. The van der Waals surface area contributed by atoms with Gasteiger partial charge in [0.15, 0.2) is 0 Å². The lowest BCUT2D eigenvalue weighted by Crippen LogP contribution is -2.10. The number of rotatable bonds is 21. The van der Waals surface area contributed by atoms with Crippen LogP contribution >= 0.6 is 0 Å². The number of nitrogens with zero attached hydrogens (tertiary/aromatic N) is 13. The Hall–Kier alpha value is -15.5. The average Bonchev–Trinajstić information content (AvgIpc) is 1.72. The topological polar surface area (TPSA) is 237 Å². The molecule has 0 saturated carbocycles. The summed E-state index contributed by atoms with van der Waals surface area (Å²) in [5.41, 5.74) is 24.1. The minimum absolute atomic E-state index is 0.0245. The van der Waals surface area contributed by atoms with E-state index in [1.807, 2.05) is 127 Å². The van der Waals surface area contributed by atoms with Crippen molar-refractivity contribution in [3.05, 3.63) is 340 Å². The van der Waals surface area contributed by atoms with E-state index < -0.39 is 0 Å². The van der Waals surface area contributed by atoms with Crippen molar-refractivity contribution in [2.45, 2.75) is 157 Å². The lowest BCUT2D eigenvalue weighted by molar-refractivity contribution is 0.580. The van der Waals surface area contributed by atoms with Gasteiger partial charge in [0.2, 0.25) is 70.7 Å². The van der Waals surface area contributed by atoms with Gasteiger partial charge in [-0.25, -0.2) is 0 Å². The summed E-state index contributed by atoms with van der Waals surface area (Å²) < 4.78 is 38.9. The fourth-order valence-corrected chi connectivity index (χ4v) is 15.6. The number of hydrogen-bond donors (Lipinski definition) is 0. The third-order valence-corrected chi connectivity index (χ3v) is 23.7. The molecular weight excluding hydrogens is 1650 g/mol. The van der Waals surface area contributed by atoms with Crippen LogP contribution in [0.5, 0.6) is 0 Å². The lowest BCUT2D eigenvalue weighted by atomic mass is 9.87. The van der Waals surface area contributed by atoms with Gasteiger partial charge in [0.1, 0.15) is 0 Å². The van der Waals surface area contributed by atoms with Gasteiger partial charge in [-0.15, -0.1) is 61.2 Å². The molecule has 19 nitrogen and oxygen atoms in total. The molecule has 0 aliphatic rings. The van der Waals surface area contributed by atoms with Gasteiger partial charge in [0.25, 0.3) is 0 Å². The van der Waals surface area contributed by atoms with Gasteiger partial charge in [-0.2, -0.15) is 0 Å².